The minimum atomic E-state index is -3.65. The van der Waals surface area contributed by atoms with E-state index in [1.165, 1.54) is 6.92 Å². The van der Waals surface area contributed by atoms with Crippen molar-refractivity contribution in [1.29, 1.82) is 0 Å². The number of nitrogens with one attached hydrogen (secondary N) is 1. The third-order valence-electron chi connectivity index (χ3n) is 4.30. The number of sulfonamides is 1. The molecule has 0 spiro atoms. The van der Waals surface area contributed by atoms with Crippen molar-refractivity contribution in [1.82, 2.24) is 5.43 Å². The number of hydrazone groups is 1. The maximum Gasteiger partial charge on any atom is 0.263 e. The third-order valence-corrected chi connectivity index (χ3v) is 5.54. The van der Waals surface area contributed by atoms with Crippen molar-refractivity contribution >= 4 is 38.6 Å². The lowest BCUT2D eigenvalue weighted by molar-refractivity contribution is -0.121. The summed E-state index contributed by atoms with van der Waals surface area (Å²) in [6.45, 7) is 1.52. The van der Waals surface area contributed by atoms with Crippen LogP contribution >= 0.6 is 0 Å². The molecule has 0 aliphatic rings. The molecule has 0 aliphatic carbocycles. The van der Waals surface area contributed by atoms with E-state index in [0.717, 1.165) is 26.9 Å². The minimum absolute atomic E-state index is 0.422. The Bertz CT molecular complexity index is 1110. The summed E-state index contributed by atoms with van der Waals surface area (Å²) < 4.78 is 25.5. The summed E-state index contributed by atoms with van der Waals surface area (Å²) in [6, 6.07) is 21.2. The Morgan fingerprint density at radius 3 is 2.36 bits per heavy atom. The second kappa shape index (κ2) is 8.22. The molecule has 144 valence electrons. The van der Waals surface area contributed by atoms with Crippen molar-refractivity contribution < 1.29 is 13.2 Å². The van der Waals surface area contributed by atoms with Gasteiger partial charge in [0.15, 0.2) is 0 Å². The van der Waals surface area contributed by atoms with Crippen LogP contribution in [0.1, 0.15) is 12.5 Å². The predicted molar refractivity (Wildman–Crippen MR) is 113 cm³/mol. The normalized spacial score (nSPS) is 12.8. The summed E-state index contributed by atoms with van der Waals surface area (Å²) >= 11 is 0. The van der Waals surface area contributed by atoms with Gasteiger partial charge >= 0.3 is 0 Å². The van der Waals surface area contributed by atoms with Crippen LogP contribution < -0.4 is 9.73 Å². The van der Waals surface area contributed by atoms with Gasteiger partial charge in [0.1, 0.15) is 6.04 Å². The number of para-hydroxylation sites is 1. The molecule has 0 radical (unpaired) electrons. The first-order valence-electron chi connectivity index (χ1n) is 8.73. The Kier molecular flexibility index (Phi) is 5.75. The first-order valence-corrected chi connectivity index (χ1v) is 10.6. The zero-order chi connectivity index (χ0) is 20.1. The fourth-order valence-corrected chi connectivity index (χ4v) is 4.18. The predicted octanol–water partition coefficient (Wildman–Crippen LogP) is 3.14. The standard InChI is InChI=1S/C21H21N3O3S/c1-16(24(28(2,26)27)19-12-4-3-5-13-19)21(25)23-22-15-18-11-8-10-17-9-6-7-14-20(17)18/h3-16H,1-2H3,(H,23,25)/b22-15-/t16-/m0/s1. The molecule has 0 heterocycles. The van der Waals surface area contributed by atoms with Crippen molar-refractivity contribution in [2.24, 2.45) is 5.10 Å². The van der Waals surface area contributed by atoms with Crippen LogP contribution in [0.3, 0.4) is 0 Å². The van der Waals surface area contributed by atoms with Crippen LogP contribution in [-0.4, -0.2) is 32.8 Å². The molecule has 3 aromatic rings. The van der Waals surface area contributed by atoms with Crippen LogP contribution in [0.25, 0.3) is 10.8 Å². The molecule has 0 aliphatic heterocycles. The Morgan fingerprint density at radius 1 is 1.00 bits per heavy atom. The maximum absolute atomic E-state index is 12.5. The van der Waals surface area contributed by atoms with E-state index < -0.39 is 22.0 Å². The Labute approximate surface area is 164 Å². The lowest BCUT2D eigenvalue weighted by Crippen LogP contribution is -2.46. The van der Waals surface area contributed by atoms with E-state index in [1.807, 2.05) is 42.5 Å². The van der Waals surface area contributed by atoms with E-state index in [0.29, 0.717) is 5.69 Å². The van der Waals surface area contributed by atoms with Gasteiger partial charge in [0.2, 0.25) is 10.0 Å². The number of carbonyl (C=O) groups excluding carboxylic acids is 1. The zero-order valence-corrected chi connectivity index (χ0v) is 16.4. The van der Waals surface area contributed by atoms with E-state index in [4.69, 9.17) is 0 Å². The molecule has 0 saturated heterocycles. The van der Waals surface area contributed by atoms with Crippen LogP contribution in [0.15, 0.2) is 77.9 Å². The van der Waals surface area contributed by atoms with Gasteiger partial charge in [0.05, 0.1) is 18.2 Å². The molecule has 28 heavy (non-hydrogen) atoms. The number of benzene rings is 3. The van der Waals surface area contributed by atoms with Crippen molar-refractivity contribution in [3.05, 3.63) is 78.4 Å². The number of anilines is 1. The van der Waals surface area contributed by atoms with Crippen LogP contribution in [0.4, 0.5) is 5.69 Å². The minimum Gasteiger partial charge on any atom is -0.271 e. The molecule has 0 fully saturated rings. The van der Waals surface area contributed by atoms with Gasteiger partial charge in [0.25, 0.3) is 5.91 Å². The summed E-state index contributed by atoms with van der Waals surface area (Å²) in [5.41, 5.74) is 3.72. The van der Waals surface area contributed by atoms with Crippen LogP contribution in [0.2, 0.25) is 0 Å². The zero-order valence-electron chi connectivity index (χ0n) is 15.6. The lowest BCUT2D eigenvalue weighted by Gasteiger charge is -2.27. The third kappa shape index (κ3) is 4.37. The number of nitrogens with zero attached hydrogens (tertiary/aromatic N) is 2. The van der Waals surface area contributed by atoms with Gasteiger partial charge in [-0.1, -0.05) is 60.7 Å². The number of hydrogen-bond acceptors (Lipinski definition) is 4. The molecule has 3 aromatic carbocycles. The Morgan fingerprint density at radius 2 is 1.64 bits per heavy atom. The second-order valence-electron chi connectivity index (χ2n) is 6.37. The molecular weight excluding hydrogens is 374 g/mol. The Balaban J connectivity index is 1.78. The fraction of sp³-hybridized carbons (Fsp3) is 0.143. The first-order chi connectivity index (χ1) is 13.4. The van der Waals surface area contributed by atoms with E-state index in [2.05, 4.69) is 10.5 Å². The van der Waals surface area contributed by atoms with E-state index in [-0.39, 0.29) is 0 Å². The number of carbonyl (C=O) groups is 1. The average molecular weight is 395 g/mol. The van der Waals surface area contributed by atoms with Gasteiger partial charge < -0.3 is 0 Å². The topological polar surface area (TPSA) is 78.8 Å². The second-order valence-corrected chi connectivity index (χ2v) is 8.23. The number of amides is 1. The number of hydrogen-bond donors (Lipinski definition) is 1. The SMILES string of the molecule is C[C@@H](C(=O)N/N=C\c1cccc2ccccc12)N(c1ccccc1)S(C)(=O)=O. The van der Waals surface area contributed by atoms with Crippen LogP contribution in [0, 0.1) is 0 Å². The van der Waals surface area contributed by atoms with Crippen molar-refractivity contribution in [3.63, 3.8) is 0 Å². The highest BCUT2D eigenvalue weighted by molar-refractivity contribution is 7.92. The quantitative estimate of drug-likeness (QED) is 0.514. The molecule has 1 amide bonds. The molecular formula is C21H21N3O3S. The summed E-state index contributed by atoms with van der Waals surface area (Å²) in [6.07, 6.45) is 2.63. The first kappa shape index (κ1) is 19.6. The highest BCUT2D eigenvalue weighted by atomic mass is 32.2. The molecule has 0 saturated carbocycles. The maximum atomic E-state index is 12.5. The molecule has 0 aromatic heterocycles. The van der Waals surface area contributed by atoms with Gasteiger partial charge in [-0.25, -0.2) is 13.8 Å². The molecule has 3 rings (SSSR count). The molecule has 6 nitrogen and oxygen atoms in total. The summed E-state index contributed by atoms with van der Waals surface area (Å²) in [7, 11) is -3.65. The fourth-order valence-electron chi connectivity index (χ4n) is 3.01. The number of rotatable bonds is 6. The van der Waals surface area contributed by atoms with Crippen molar-refractivity contribution in [3.8, 4) is 0 Å². The molecule has 1 N–H and O–H groups in total. The Hall–Kier alpha value is -3.19. The van der Waals surface area contributed by atoms with Gasteiger partial charge in [-0.05, 0) is 29.8 Å². The van der Waals surface area contributed by atoms with Crippen LogP contribution in [0.5, 0.6) is 0 Å². The lowest BCUT2D eigenvalue weighted by atomic mass is 10.1. The molecule has 0 unspecified atom stereocenters. The molecule has 7 heteroatoms. The van der Waals surface area contributed by atoms with Gasteiger partial charge in [-0.15, -0.1) is 0 Å². The van der Waals surface area contributed by atoms with Gasteiger partial charge in [-0.2, -0.15) is 5.10 Å². The monoisotopic (exact) mass is 395 g/mol. The highest BCUT2D eigenvalue weighted by Gasteiger charge is 2.28. The van der Waals surface area contributed by atoms with E-state index in [9.17, 15) is 13.2 Å². The summed E-state index contributed by atoms with van der Waals surface area (Å²) in [5.74, 6) is -0.522. The number of fused-ring (bicyclic) bond motifs is 1. The van der Waals surface area contributed by atoms with E-state index >= 15 is 0 Å². The molecule has 1 atom stereocenters. The van der Waals surface area contributed by atoms with E-state index in [1.54, 1.807) is 36.5 Å². The highest BCUT2D eigenvalue weighted by Crippen LogP contribution is 2.20. The van der Waals surface area contributed by atoms with Crippen molar-refractivity contribution in [2.45, 2.75) is 13.0 Å². The van der Waals surface area contributed by atoms with Crippen molar-refractivity contribution in [2.75, 3.05) is 10.6 Å². The summed E-state index contributed by atoms with van der Waals surface area (Å²) in [5, 5.41) is 6.10. The molecule has 0 bridgehead atoms. The van der Waals surface area contributed by atoms with Crippen LogP contribution in [-0.2, 0) is 14.8 Å². The van der Waals surface area contributed by atoms with Gasteiger partial charge in [0, 0.05) is 5.56 Å². The smallest absolute Gasteiger partial charge is 0.263 e. The average Bonchev–Trinajstić information content (AvgIpc) is 2.68. The van der Waals surface area contributed by atoms with Gasteiger partial charge in [-0.3, -0.25) is 9.10 Å². The largest absolute Gasteiger partial charge is 0.271 e. The summed E-state index contributed by atoms with van der Waals surface area (Å²) in [4.78, 5) is 12.5.